The highest BCUT2D eigenvalue weighted by atomic mass is 19.4. The maximum Gasteiger partial charge on any atom is 0.573 e. The van der Waals surface area contributed by atoms with E-state index in [2.05, 4.69) is 4.74 Å². The standard InChI is InChI=1S/C14H17F3O2/c1-9-5-4-7-10(9)13(18)11-6-2-3-8-12(11)19-14(15,16)17/h2-3,6,8-10,13,18H,4-5,7H2,1H3. The Morgan fingerprint density at radius 3 is 2.53 bits per heavy atom. The first-order valence-corrected chi connectivity index (χ1v) is 6.41. The second-order valence-corrected chi connectivity index (χ2v) is 5.10. The van der Waals surface area contributed by atoms with Crippen molar-refractivity contribution in [1.82, 2.24) is 0 Å². The van der Waals surface area contributed by atoms with Crippen molar-refractivity contribution in [3.8, 4) is 5.75 Å². The van der Waals surface area contributed by atoms with Crippen molar-refractivity contribution in [2.24, 2.45) is 11.8 Å². The summed E-state index contributed by atoms with van der Waals surface area (Å²) >= 11 is 0. The molecule has 1 saturated carbocycles. The summed E-state index contributed by atoms with van der Waals surface area (Å²) in [5.41, 5.74) is 0.221. The molecule has 3 unspecified atom stereocenters. The van der Waals surface area contributed by atoms with E-state index in [1.54, 1.807) is 6.07 Å². The van der Waals surface area contributed by atoms with Crippen LogP contribution in [0.25, 0.3) is 0 Å². The molecule has 0 heterocycles. The topological polar surface area (TPSA) is 29.5 Å². The molecular weight excluding hydrogens is 257 g/mol. The first-order chi connectivity index (χ1) is 8.88. The van der Waals surface area contributed by atoms with E-state index < -0.39 is 12.5 Å². The molecule has 0 amide bonds. The van der Waals surface area contributed by atoms with Gasteiger partial charge in [0.05, 0.1) is 6.10 Å². The van der Waals surface area contributed by atoms with Crippen molar-refractivity contribution in [3.63, 3.8) is 0 Å². The lowest BCUT2D eigenvalue weighted by molar-refractivity contribution is -0.275. The van der Waals surface area contributed by atoms with Gasteiger partial charge in [0.2, 0.25) is 0 Å². The fourth-order valence-corrected chi connectivity index (χ4v) is 2.82. The highest BCUT2D eigenvalue weighted by Gasteiger charge is 2.36. The summed E-state index contributed by atoms with van der Waals surface area (Å²) in [5, 5.41) is 10.3. The summed E-state index contributed by atoms with van der Waals surface area (Å²) in [6, 6.07) is 5.82. The van der Waals surface area contributed by atoms with Gasteiger partial charge in [-0.2, -0.15) is 0 Å². The van der Waals surface area contributed by atoms with E-state index in [4.69, 9.17) is 0 Å². The van der Waals surface area contributed by atoms with Crippen LogP contribution in [0, 0.1) is 11.8 Å². The molecule has 2 rings (SSSR count). The van der Waals surface area contributed by atoms with E-state index in [-0.39, 0.29) is 17.2 Å². The molecule has 1 N–H and O–H groups in total. The van der Waals surface area contributed by atoms with Gasteiger partial charge in [0.15, 0.2) is 0 Å². The summed E-state index contributed by atoms with van der Waals surface area (Å²) in [5.74, 6) is 0.00789. The van der Waals surface area contributed by atoms with Gasteiger partial charge in [-0.25, -0.2) is 0 Å². The molecule has 1 aromatic rings. The number of aliphatic hydroxyl groups is 1. The molecule has 1 aliphatic carbocycles. The summed E-state index contributed by atoms with van der Waals surface area (Å²) in [7, 11) is 0. The first-order valence-electron chi connectivity index (χ1n) is 6.41. The van der Waals surface area contributed by atoms with Gasteiger partial charge < -0.3 is 9.84 Å². The SMILES string of the molecule is CC1CCCC1C(O)c1ccccc1OC(F)(F)F. The molecule has 5 heteroatoms. The minimum atomic E-state index is -4.74. The molecule has 19 heavy (non-hydrogen) atoms. The van der Waals surface area contributed by atoms with E-state index >= 15 is 0 Å². The third-order valence-corrected chi connectivity index (χ3v) is 3.80. The monoisotopic (exact) mass is 274 g/mol. The van der Waals surface area contributed by atoms with E-state index in [1.807, 2.05) is 6.92 Å². The van der Waals surface area contributed by atoms with Gasteiger partial charge >= 0.3 is 6.36 Å². The number of aliphatic hydroxyl groups excluding tert-OH is 1. The van der Waals surface area contributed by atoms with Crippen molar-refractivity contribution in [3.05, 3.63) is 29.8 Å². The molecule has 0 bridgehead atoms. The third kappa shape index (κ3) is 3.41. The lowest BCUT2D eigenvalue weighted by atomic mass is 9.88. The Labute approximate surface area is 110 Å². The van der Waals surface area contributed by atoms with Crippen LogP contribution in [-0.2, 0) is 0 Å². The minimum Gasteiger partial charge on any atom is -0.405 e. The van der Waals surface area contributed by atoms with Crippen LogP contribution in [0.3, 0.4) is 0 Å². The van der Waals surface area contributed by atoms with Gasteiger partial charge in [0.25, 0.3) is 0 Å². The van der Waals surface area contributed by atoms with Gasteiger partial charge in [-0.15, -0.1) is 13.2 Å². The molecule has 0 spiro atoms. The molecule has 106 valence electrons. The Bertz CT molecular complexity index is 431. The maximum atomic E-state index is 12.3. The lowest BCUT2D eigenvalue weighted by Gasteiger charge is -2.24. The predicted molar refractivity (Wildman–Crippen MR) is 64.6 cm³/mol. The highest BCUT2D eigenvalue weighted by molar-refractivity contribution is 5.35. The van der Waals surface area contributed by atoms with Crippen LogP contribution in [0.5, 0.6) is 5.75 Å². The number of hydrogen-bond acceptors (Lipinski definition) is 2. The summed E-state index contributed by atoms with van der Waals surface area (Å²) in [4.78, 5) is 0. The molecule has 0 radical (unpaired) electrons. The molecule has 0 aromatic heterocycles. The van der Waals surface area contributed by atoms with Crippen LogP contribution in [0.1, 0.15) is 37.9 Å². The average molecular weight is 274 g/mol. The van der Waals surface area contributed by atoms with Crippen molar-refractivity contribution in [2.45, 2.75) is 38.7 Å². The molecule has 1 fully saturated rings. The van der Waals surface area contributed by atoms with E-state index in [0.29, 0.717) is 5.92 Å². The number of halogens is 3. The number of rotatable bonds is 3. The van der Waals surface area contributed by atoms with Gasteiger partial charge in [-0.3, -0.25) is 0 Å². The molecule has 3 atom stereocenters. The van der Waals surface area contributed by atoms with Crippen LogP contribution in [0.4, 0.5) is 13.2 Å². The summed E-state index contributed by atoms with van der Waals surface area (Å²) in [6.45, 7) is 2.02. The normalized spacial score (nSPS) is 25.3. The van der Waals surface area contributed by atoms with Crippen LogP contribution in [0.2, 0.25) is 0 Å². The number of benzene rings is 1. The van der Waals surface area contributed by atoms with Crippen molar-refractivity contribution >= 4 is 0 Å². The van der Waals surface area contributed by atoms with Gasteiger partial charge in [-0.05, 0) is 24.3 Å². The summed E-state index contributed by atoms with van der Waals surface area (Å²) < 4.78 is 41.0. The van der Waals surface area contributed by atoms with E-state index in [0.717, 1.165) is 19.3 Å². The average Bonchev–Trinajstić information content (AvgIpc) is 2.73. The number of hydrogen-bond donors (Lipinski definition) is 1. The van der Waals surface area contributed by atoms with Gasteiger partial charge in [-0.1, -0.05) is 38.0 Å². The Morgan fingerprint density at radius 1 is 1.26 bits per heavy atom. The fraction of sp³-hybridized carbons (Fsp3) is 0.571. The molecule has 2 nitrogen and oxygen atoms in total. The Morgan fingerprint density at radius 2 is 1.95 bits per heavy atom. The third-order valence-electron chi connectivity index (χ3n) is 3.80. The second-order valence-electron chi connectivity index (χ2n) is 5.10. The zero-order chi connectivity index (χ0) is 14.0. The highest BCUT2D eigenvalue weighted by Crippen LogP contribution is 2.42. The van der Waals surface area contributed by atoms with Crippen LogP contribution in [0.15, 0.2) is 24.3 Å². The van der Waals surface area contributed by atoms with E-state index in [1.165, 1.54) is 18.2 Å². The Kier molecular flexibility index (Phi) is 4.04. The number of alkyl halides is 3. The van der Waals surface area contributed by atoms with Crippen LogP contribution >= 0.6 is 0 Å². The predicted octanol–water partition coefficient (Wildman–Crippen LogP) is 4.05. The van der Waals surface area contributed by atoms with E-state index in [9.17, 15) is 18.3 Å². The van der Waals surface area contributed by atoms with Crippen LogP contribution < -0.4 is 4.74 Å². The quantitative estimate of drug-likeness (QED) is 0.900. The summed E-state index contributed by atoms with van der Waals surface area (Å²) in [6.07, 6.45) is -2.80. The fourth-order valence-electron chi connectivity index (χ4n) is 2.82. The molecule has 0 aliphatic heterocycles. The second kappa shape index (κ2) is 5.41. The number of para-hydroxylation sites is 1. The zero-order valence-corrected chi connectivity index (χ0v) is 10.7. The molecule has 1 aromatic carbocycles. The first kappa shape index (κ1) is 14.2. The van der Waals surface area contributed by atoms with Crippen molar-refractivity contribution in [1.29, 1.82) is 0 Å². The Hall–Kier alpha value is -1.23. The molecule has 1 aliphatic rings. The van der Waals surface area contributed by atoms with Gasteiger partial charge in [0.1, 0.15) is 5.75 Å². The van der Waals surface area contributed by atoms with Gasteiger partial charge in [0, 0.05) is 5.56 Å². The maximum absolute atomic E-state index is 12.3. The molecule has 0 saturated heterocycles. The van der Waals surface area contributed by atoms with Crippen molar-refractivity contribution in [2.75, 3.05) is 0 Å². The largest absolute Gasteiger partial charge is 0.573 e. The Balaban J connectivity index is 2.23. The zero-order valence-electron chi connectivity index (χ0n) is 10.7. The lowest BCUT2D eigenvalue weighted by Crippen LogP contribution is -2.21. The number of ether oxygens (including phenoxy) is 1. The molecular formula is C14H17F3O2. The minimum absolute atomic E-state index is 0.00187. The smallest absolute Gasteiger partial charge is 0.405 e. The van der Waals surface area contributed by atoms with Crippen LogP contribution in [-0.4, -0.2) is 11.5 Å². The van der Waals surface area contributed by atoms with Crippen molar-refractivity contribution < 1.29 is 23.0 Å².